The van der Waals surface area contributed by atoms with Crippen molar-refractivity contribution >= 4 is 33.0 Å². The number of aliphatic hydroxyl groups is 1. The Balaban J connectivity index is 1.83. The second-order valence-corrected chi connectivity index (χ2v) is 6.08. The van der Waals surface area contributed by atoms with Crippen molar-refractivity contribution in [2.75, 3.05) is 0 Å². The monoisotopic (exact) mass is 288 g/mol. The molecule has 0 saturated heterocycles. The van der Waals surface area contributed by atoms with Crippen LogP contribution in [-0.2, 0) is 6.42 Å². The van der Waals surface area contributed by atoms with Gasteiger partial charge in [0, 0.05) is 21.0 Å². The summed E-state index contributed by atoms with van der Waals surface area (Å²) in [6.07, 6.45) is 0.155. The van der Waals surface area contributed by atoms with E-state index in [9.17, 15) is 5.11 Å². The van der Waals surface area contributed by atoms with E-state index in [0.717, 1.165) is 15.5 Å². The highest BCUT2D eigenvalue weighted by Crippen LogP contribution is 2.31. The lowest BCUT2D eigenvalue weighted by Crippen LogP contribution is -1.99. The zero-order chi connectivity index (χ0) is 13.2. The highest BCUT2D eigenvalue weighted by Gasteiger charge is 2.12. The van der Waals surface area contributed by atoms with E-state index >= 15 is 0 Å². The molecule has 3 heteroatoms. The lowest BCUT2D eigenvalue weighted by Gasteiger charge is -2.08. The molecule has 0 bridgehead atoms. The molecule has 0 saturated carbocycles. The van der Waals surface area contributed by atoms with Gasteiger partial charge in [-0.1, -0.05) is 41.9 Å². The standard InChI is InChI=1S/C16H13ClOS/c17-13-7-5-11(6-8-13)9-14(18)16-10-12-3-1-2-4-15(12)19-16/h1-8,10,14,18H,9H2. The molecule has 1 N–H and O–H groups in total. The van der Waals surface area contributed by atoms with Crippen LogP contribution in [-0.4, -0.2) is 5.11 Å². The van der Waals surface area contributed by atoms with Gasteiger partial charge in [0.05, 0.1) is 6.10 Å². The summed E-state index contributed by atoms with van der Waals surface area (Å²) >= 11 is 7.51. The van der Waals surface area contributed by atoms with Crippen molar-refractivity contribution in [3.63, 3.8) is 0 Å². The molecule has 0 radical (unpaired) electrons. The van der Waals surface area contributed by atoms with Gasteiger partial charge < -0.3 is 5.11 Å². The molecule has 2 aromatic carbocycles. The largest absolute Gasteiger partial charge is 0.387 e. The van der Waals surface area contributed by atoms with Crippen LogP contribution in [0, 0.1) is 0 Å². The van der Waals surface area contributed by atoms with Gasteiger partial charge in [-0.05, 0) is 35.2 Å². The van der Waals surface area contributed by atoms with E-state index in [2.05, 4.69) is 18.2 Å². The molecule has 1 nitrogen and oxygen atoms in total. The molecule has 3 aromatic rings. The lowest BCUT2D eigenvalue weighted by atomic mass is 10.1. The summed E-state index contributed by atoms with van der Waals surface area (Å²) in [5.74, 6) is 0. The second kappa shape index (κ2) is 5.33. The zero-order valence-corrected chi connectivity index (χ0v) is 11.8. The molecule has 1 aromatic heterocycles. The molecule has 0 aliphatic carbocycles. The Kier molecular flexibility index (Phi) is 3.56. The lowest BCUT2D eigenvalue weighted by molar-refractivity contribution is 0.182. The fourth-order valence-electron chi connectivity index (χ4n) is 2.11. The summed E-state index contributed by atoms with van der Waals surface area (Å²) in [4.78, 5) is 1.01. The Hall–Kier alpha value is -1.35. The third-order valence-electron chi connectivity index (χ3n) is 3.12. The highest BCUT2D eigenvalue weighted by atomic mass is 35.5. The minimum Gasteiger partial charge on any atom is -0.387 e. The molecular formula is C16H13ClOS. The van der Waals surface area contributed by atoms with Crippen molar-refractivity contribution in [1.82, 2.24) is 0 Å². The van der Waals surface area contributed by atoms with Crippen molar-refractivity contribution in [1.29, 1.82) is 0 Å². The Morgan fingerprint density at radius 1 is 1.05 bits per heavy atom. The van der Waals surface area contributed by atoms with Crippen molar-refractivity contribution in [3.05, 3.63) is 70.1 Å². The number of halogens is 1. The van der Waals surface area contributed by atoms with Crippen molar-refractivity contribution in [2.24, 2.45) is 0 Å². The summed E-state index contributed by atoms with van der Waals surface area (Å²) in [6.45, 7) is 0. The Bertz CT molecular complexity index is 654. The van der Waals surface area contributed by atoms with Gasteiger partial charge in [-0.15, -0.1) is 11.3 Å². The van der Waals surface area contributed by atoms with E-state index in [-0.39, 0.29) is 0 Å². The van der Waals surface area contributed by atoms with Gasteiger partial charge in [-0.3, -0.25) is 0 Å². The second-order valence-electron chi connectivity index (χ2n) is 4.53. The van der Waals surface area contributed by atoms with E-state index < -0.39 is 6.10 Å². The zero-order valence-electron chi connectivity index (χ0n) is 10.2. The smallest absolute Gasteiger partial charge is 0.0922 e. The quantitative estimate of drug-likeness (QED) is 0.732. The van der Waals surface area contributed by atoms with Gasteiger partial charge in [0.25, 0.3) is 0 Å². The number of thiophene rings is 1. The number of aliphatic hydroxyl groups excluding tert-OH is 1. The predicted octanol–water partition coefficient (Wildman–Crippen LogP) is 4.83. The van der Waals surface area contributed by atoms with Crippen molar-refractivity contribution in [3.8, 4) is 0 Å². The molecule has 19 heavy (non-hydrogen) atoms. The minimum atomic E-state index is -0.460. The molecule has 96 valence electrons. The van der Waals surface area contributed by atoms with Crippen molar-refractivity contribution < 1.29 is 5.11 Å². The van der Waals surface area contributed by atoms with E-state index in [1.54, 1.807) is 11.3 Å². The predicted molar refractivity (Wildman–Crippen MR) is 81.9 cm³/mol. The average molecular weight is 289 g/mol. The fourth-order valence-corrected chi connectivity index (χ4v) is 3.29. The van der Waals surface area contributed by atoms with Gasteiger partial charge in [0.15, 0.2) is 0 Å². The summed E-state index contributed by atoms with van der Waals surface area (Å²) < 4.78 is 1.22. The maximum absolute atomic E-state index is 10.3. The summed E-state index contributed by atoms with van der Waals surface area (Å²) in [5, 5.41) is 12.2. The molecule has 1 unspecified atom stereocenters. The van der Waals surface area contributed by atoms with Crippen LogP contribution in [0.5, 0.6) is 0 Å². The molecule has 0 aliphatic heterocycles. The van der Waals surface area contributed by atoms with Crippen LogP contribution < -0.4 is 0 Å². The van der Waals surface area contributed by atoms with E-state index in [0.29, 0.717) is 6.42 Å². The summed E-state index contributed by atoms with van der Waals surface area (Å²) in [5.41, 5.74) is 1.09. The van der Waals surface area contributed by atoms with Crippen molar-refractivity contribution in [2.45, 2.75) is 12.5 Å². The van der Waals surface area contributed by atoms with E-state index in [1.165, 1.54) is 10.1 Å². The maximum atomic E-state index is 10.3. The van der Waals surface area contributed by atoms with Gasteiger partial charge in [0.2, 0.25) is 0 Å². The topological polar surface area (TPSA) is 20.2 Å². The molecular weight excluding hydrogens is 276 g/mol. The molecule has 0 amide bonds. The Morgan fingerprint density at radius 2 is 1.79 bits per heavy atom. The third-order valence-corrected chi connectivity index (χ3v) is 4.58. The Labute approximate surface area is 121 Å². The fraction of sp³-hybridized carbons (Fsp3) is 0.125. The van der Waals surface area contributed by atoms with Crippen LogP contribution >= 0.6 is 22.9 Å². The van der Waals surface area contributed by atoms with Gasteiger partial charge in [0.1, 0.15) is 0 Å². The normalized spacial score (nSPS) is 12.7. The molecule has 0 spiro atoms. The molecule has 1 heterocycles. The first-order chi connectivity index (χ1) is 9.22. The maximum Gasteiger partial charge on any atom is 0.0922 e. The first kappa shape index (κ1) is 12.7. The van der Waals surface area contributed by atoms with Crippen LogP contribution in [0.2, 0.25) is 5.02 Å². The number of benzene rings is 2. The molecule has 3 rings (SSSR count). The Morgan fingerprint density at radius 3 is 2.53 bits per heavy atom. The summed E-state index contributed by atoms with van der Waals surface area (Å²) in [7, 11) is 0. The van der Waals surface area contributed by atoms with Gasteiger partial charge in [-0.2, -0.15) is 0 Å². The number of hydrogen-bond donors (Lipinski definition) is 1. The van der Waals surface area contributed by atoms with Crippen LogP contribution in [0.4, 0.5) is 0 Å². The van der Waals surface area contributed by atoms with E-state index in [4.69, 9.17) is 11.6 Å². The number of fused-ring (bicyclic) bond motifs is 1. The molecule has 1 atom stereocenters. The molecule has 0 fully saturated rings. The highest BCUT2D eigenvalue weighted by molar-refractivity contribution is 7.19. The van der Waals surface area contributed by atoms with Crippen LogP contribution in [0.1, 0.15) is 16.5 Å². The van der Waals surface area contributed by atoms with Crippen LogP contribution in [0.3, 0.4) is 0 Å². The van der Waals surface area contributed by atoms with Crippen LogP contribution in [0.25, 0.3) is 10.1 Å². The minimum absolute atomic E-state index is 0.460. The van der Waals surface area contributed by atoms with Gasteiger partial charge in [-0.25, -0.2) is 0 Å². The average Bonchev–Trinajstić information content (AvgIpc) is 2.85. The van der Waals surface area contributed by atoms with Crippen LogP contribution in [0.15, 0.2) is 54.6 Å². The first-order valence-electron chi connectivity index (χ1n) is 6.13. The summed E-state index contributed by atoms with van der Waals surface area (Å²) in [6, 6.07) is 17.9. The molecule has 0 aliphatic rings. The van der Waals surface area contributed by atoms with E-state index in [1.807, 2.05) is 36.4 Å². The number of rotatable bonds is 3. The number of hydrogen-bond acceptors (Lipinski definition) is 2. The van der Waals surface area contributed by atoms with Gasteiger partial charge >= 0.3 is 0 Å². The SMILES string of the molecule is OC(Cc1ccc(Cl)cc1)c1cc2ccccc2s1. The third kappa shape index (κ3) is 2.81. The first-order valence-corrected chi connectivity index (χ1v) is 7.33.